The molecule has 0 unspecified atom stereocenters. The zero-order chi connectivity index (χ0) is 18.7. The highest BCUT2D eigenvalue weighted by molar-refractivity contribution is 7.92. The molecule has 25 heavy (non-hydrogen) atoms. The highest BCUT2D eigenvalue weighted by atomic mass is 32.2. The van der Waals surface area contributed by atoms with Crippen molar-refractivity contribution in [3.63, 3.8) is 0 Å². The average Bonchev–Trinajstić information content (AvgIpc) is 2.58. The molecule has 0 saturated heterocycles. The van der Waals surface area contributed by atoms with Gasteiger partial charge < -0.3 is 0 Å². The third-order valence-corrected chi connectivity index (χ3v) is 7.56. The van der Waals surface area contributed by atoms with Crippen molar-refractivity contribution in [2.45, 2.75) is 30.9 Å². The van der Waals surface area contributed by atoms with Crippen molar-refractivity contribution in [1.29, 1.82) is 0 Å². The fourth-order valence-electron chi connectivity index (χ4n) is 2.44. The molecule has 0 spiro atoms. The Labute approximate surface area is 149 Å². The van der Waals surface area contributed by atoms with Crippen LogP contribution in [0.1, 0.15) is 28.9 Å². The second-order valence-corrected chi connectivity index (χ2v) is 10.0. The van der Waals surface area contributed by atoms with E-state index in [-0.39, 0.29) is 17.2 Å². The summed E-state index contributed by atoms with van der Waals surface area (Å²) in [6.07, 6.45) is 2.99. The van der Waals surface area contributed by atoms with Crippen LogP contribution >= 0.6 is 0 Å². The molecule has 0 bridgehead atoms. The zero-order valence-corrected chi connectivity index (χ0v) is 16.1. The third kappa shape index (κ3) is 4.65. The summed E-state index contributed by atoms with van der Waals surface area (Å²) < 4.78 is 52.5. The van der Waals surface area contributed by atoms with Crippen LogP contribution in [0.5, 0.6) is 0 Å². The van der Waals surface area contributed by atoms with Crippen LogP contribution in [0.2, 0.25) is 0 Å². The van der Waals surface area contributed by atoms with Gasteiger partial charge in [0.2, 0.25) is 10.0 Å². The van der Waals surface area contributed by atoms with Crippen molar-refractivity contribution in [2.24, 2.45) is 0 Å². The minimum atomic E-state index is -3.80. The van der Waals surface area contributed by atoms with Crippen molar-refractivity contribution >= 4 is 19.9 Å². The first-order valence-corrected chi connectivity index (χ1v) is 11.1. The standard InChI is InChI=1S/C17H22N2O4S2/c1-4-24(20,21)19-12-17(15-6-5-9-18-11-15)25(22,23)16-10-13(2)7-8-14(16)3/h5-11,17,19H,4,12H2,1-3H3/t17-/m0/s1. The van der Waals surface area contributed by atoms with Crippen molar-refractivity contribution in [3.05, 3.63) is 59.4 Å². The number of aromatic nitrogens is 1. The van der Waals surface area contributed by atoms with Gasteiger partial charge in [-0.25, -0.2) is 21.6 Å². The van der Waals surface area contributed by atoms with Crippen LogP contribution in [0, 0.1) is 13.8 Å². The highest BCUT2D eigenvalue weighted by Crippen LogP contribution is 2.30. The van der Waals surface area contributed by atoms with Gasteiger partial charge in [-0.15, -0.1) is 0 Å². The molecule has 2 rings (SSSR count). The number of pyridine rings is 1. The maximum absolute atomic E-state index is 13.2. The molecule has 0 amide bonds. The van der Waals surface area contributed by atoms with Gasteiger partial charge in [-0.05, 0) is 49.6 Å². The molecule has 0 fully saturated rings. The fourth-order valence-corrected chi connectivity index (χ4v) is 5.15. The summed E-state index contributed by atoms with van der Waals surface area (Å²) in [5, 5.41) is -1.05. The Morgan fingerprint density at radius 3 is 2.44 bits per heavy atom. The molecule has 0 radical (unpaired) electrons. The van der Waals surface area contributed by atoms with Crippen molar-refractivity contribution in [1.82, 2.24) is 9.71 Å². The summed E-state index contributed by atoms with van der Waals surface area (Å²) in [7, 11) is -7.32. The molecule has 6 nitrogen and oxygen atoms in total. The maximum atomic E-state index is 13.2. The normalized spacial score (nSPS) is 13.6. The molecular weight excluding hydrogens is 360 g/mol. The minimum Gasteiger partial charge on any atom is -0.264 e. The van der Waals surface area contributed by atoms with Crippen molar-refractivity contribution in [3.8, 4) is 0 Å². The molecular formula is C17H22N2O4S2. The van der Waals surface area contributed by atoms with Crippen LogP contribution in [0.25, 0.3) is 0 Å². The fraction of sp³-hybridized carbons (Fsp3) is 0.353. The van der Waals surface area contributed by atoms with E-state index in [2.05, 4.69) is 9.71 Å². The van der Waals surface area contributed by atoms with Crippen LogP contribution in [0.3, 0.4) is 0 Å². The number of aryl methyl sites for hydroxylation is 2. The minimum absolute atomic E-state index is 0.115. The van der Waals surface area contributed by atoms with E-state index in [1.165, 1.54) is 13.1 Å². The van der Waals surface area contributed by atoms with E-state index in [4.69, 9.17) is 0 Å². The van der Waals surface area contributed by atoms with E-state index in [1.807, 2.05) is 13.0 Å². The molecule has 1 aromatic heterocycles. The lowest BCUT2D eigenvalue weighted by Gasteiger charge is -2.20. The van der Waals surface area contributed by atoms with Crippen LogP contribution in [-0.4, -0.2) is 34.1 Å². The quantitative estimate of drug-likeness (QED) is 0.792. The lowest BCUT2D eigenvalue weighted by atomic mass is 10.2. The van der Waals surface area contributed by atoms with Crippen LogP contribution in [0.4, 0.5) is 0 Å². The van der Waals surface area contributed by atoms with Crippen LogP contribution in [0.15, 0.2) is 47.6 Å². The summed E-state index contributed by atoms with van der Waals surface area (Å²) in [4.78, 5) is 4.18. The number of sulfone groups is 1. The molecule has 1 atom stereocenters. The summed E-state index contributed by atoms with van der Waals surface area (Å²) in [5.41, 5.74) is 1.89. The largest absolute Gasteiger partial charge is 0.264 e. The molecule has 8 heteroatoms. The van der Waals surface area contributed by atoms with Gasteiger partial charge in [0, 0.05) is 18.9 Å². The lowest BCUT2D eigenvalue weighted by molar-refractivity contribution is 0.568. The second kappa shape index (κ2) is 7.63. The number of hydrogen-bond donors (Lipinski definition) is 1. The van der Waals surface area contributed by atoms with E-state index >= 15 is 0 Å². The average molecular weight is 383 g/mol. The SMILES string of the molecule is CCS(=O)(=O)NC[C@@H](c1cccnc1)S(=O)(=O)c1cc(C)ccc1C. The van der Waals surface area contributed by atoms with Gasteiger partial charge in [0.1, 0.15) is 5.25 Å². The van der Waals surface area contributed by atoms with Gasteiger partial charge in [0.25, 0.3) is 0 Å². The summed E-state index contributed by atoms with van der Waals surface area (Å²) in [5.74, 6) is -0.115. The Hall–Kier alpha value is -1.77. The second-order valence-electron chi connectivity index (χ2n) is 5.84. The van der Waals surface area contributed by atoms with Gasteiger partial charge in [0.05, 0.1) is 10.6 Å². The molecule has 0 aliphatic rings. The van der Waals surface area contributed by atoms with Crippen LogP contribution in [-0.2, 0) is 19.9 Å². The Kier molecular flexibility index (Phi) is 5.97. The molecule has 136 valence electrons. The summed E-state index contributed by atoms with van der Waals surface area (Å²) in [6.45, 7) is 4.80. The predicted molar refractivity (Wildman–Crippen MR) is 97.5 cm³/mol. The van der Waals surface area contributed by atoms with E-state index in [1.54, 1.807) is 37.4 Å². The number of nitrogens with one attached hydrogen (secondary N) is 1. The van der Waals surface area contributed by atoms with Gasteiger partial charge in [-0.3, -0.25) is 4.98 Å². The van der Waals surface area contributed by atoms with Gasteiger partial charge >= 0.3 is 0 Å². The van der Waals surface area contributed by atoms with Gasteiger partial charge in [0.15, 0.2) is 9.84 Å². The summed E-state index contributed by atoms with van der Waals surface area (Å²) >= 11 is 0. The molecule has 2 aromatic rings. The molecule has 1 heterocycles. The van der Waals surface area contributed by atoms with Crippen molar-refractivity contribution in [2.75, 3.05) is 12.3 Å². The number of nitrogens with zero attached hydrogens (tertiary/aromatic N) is 1. The monoisotopic (exact) mass is 382 g/mol. The molecule has 0 aliphatic heterocycles. The lowest BCUT2D eigenvalue weighted by Crippen LogP contribution is -2.33. The first kappa shape index (κ1) is 19.6. The molecule has 1 aromatic carbocycles. The maximum Gasteiger partial charge on any atom is 0.211 e. The van der Waals surface area contributed by atoms with E-state index in [9.17, 15) is 16.8 Å². The van der Waals surface area contributed by atoms with E-state index < -0.39 is 25.1 Å². The van der Waals surface area contributed by atoms with Crippen LogP contribution < -0.4 is 4.72 Å². The molecule has 0 aliphatic carbocycles. The Morgan fingerprint density at radius 2 is 1.84 bits per heavy atom. The molecule has 0 saturated carbocycles. The number of sulfonamides is 1. The van der Waals surface area contributed by atoms with Gasteiger partial charge in [-0.1, -0.05) is 18.2 Å². The topological polar surface area (TPSA) is 93.2 Å². The van der Waals surface area contributed by atoms with Gasteiger partial charge in [-0.2, -0.15) is 0 Å². The predicted octanol–water partition coefficient (Wildman–Crippen LogP) is 2.15. The number of hydrogen-bond acceptors (Lipinski definition) is 5. The summed E-state index contributed by atoms with van der Waals surface area (Å²) in [6, 6.07) is 8.48. The number of benzene rings is 1. The van der Waals surface area contributed by atoms with Crippen molar-refractivity contribution < 1.29 is 16.8 Å². The van der Waals surface area contributed by atoms with E-state index in [0.717, 1.165) is 5.56 Å². The Balaban J connectivity index is 2.52. The molecule has 1 N–H and O–H groups in total. The third-order valence-electron chi connectivity index (χ3n) is 3.95. The number of rotatable bonds is 7. The Morgan fingerprint density at radius 1 is 1.12 bits per heavy atom. The first-order valence-electron chi connectivity index (χ1n) is 7.86. The van der Waals surface area contributed by atoms with E-state index in [0.29, 0.717) is 11.1 Å². The Bertz CT molecular complexity index is 940. The smallest absolute Gasteiger partial charge is 0.211 e. The highest BCUT2D eigenvalue weighted by Gasteiger charge is 2.31. The first-order chi connectivity index (χ1) is 11.7. The zero-order valence-electron chi connectivity index (χ0n) is 14.4.